The zero-order valence-electron chi connectivity index (χ0n) is 15.8. The minimum Gasteiger partial charge on any atom is -0.480 e. The molecule has 28 heavy (non-hydrogen) atoms. The van der Waals surface area contributed by atoms with Gasteiger partial charge >= 0.3 is 5.97 Å². The van der Waals surface area contributed by atoms with Gasteiger partial charge in [0.05, 0.1) is 5.92 Å². The van der Waals surface area contributed by atoms with Crippen LogP contribution in [0, 0.1) is 12.8 Å². The summed E-state index contributed by atoms with van der Waals surface area (Å²) in [6, 6.07) is 9.93. The highest BCUT2D eigenvalue weighted by Crippen LogP contribution is 2.33. The number of benzene rings is 1. The quantitative estimate of drug-likeness (QED) is 0.741. The lowest BCUT2D eigenvalue weighted by Crippen LogP contribution is -2.66. The molecule has 1 saturated heterocycles. The molecule has 146 valence electrons. The van der Waals surface area contributed by atoms with Crippen molar-refractivity contribution in [2.45, 2.75) is 38.6 Å². The number of aromatic nitrogens is 1. The Morgan fingerprint density at radius 3 is 2.68 bits per heavy atom. The van der Waals surface area contributed by atoms with E-state index in [4.69, 9.17) is 5.73 Å². The zero-order valence-corrected chi connectivity index (χ0v) is 15.8. The second kappa shape index (κ2) is 7.80. The summed E-state index contributed by atoms with van der Waals surface area (Å²) in [5.41, 5.74) is 8.43. The molecule has 7 nitrogen and oxygen atoms in total. The summed E-state index contributed by atoms with van der Waals surface area (Å²) in [5, 5.41) is 9.58. The van der Waals surface area contributed by atoms with Crippen LogP contribution < -0.4 is 5.73 Å². The molecule has 1 aliphatic rings. The molecule has 7 heteroatoms. The summed E-state index contributed by atoms with van der Waals surface area (Å²) < 4.78 is 0. The Morgan fingerprint density at radius 2 is 2.04 bits per heavy atom. The van der Waals surface area contributed by atoms with Crippen LogP contribution in [-0.2, 0) is 20.8 Å². The molecule has 1 aromatic heterocycles. The van der Waals surface area contributed by atoms with Gasteiger partial charge in [0.15, 0.2) is 0 Å². The molecule has 0 spiro atoms. The van der Waals surface area contributed by atoms with Crippen molar-refractivity contribution in [1.29, 1.82) is 0 Å². The van der Waals surface area contributed by atoms with Crippen molar-refractivity contribution in [2.75, 3.05) is 5.73 Å². The van der Waals surface area contributed by atoms with Gasteiger partial charge in [-0.3, -0.25) is 14.5 Å². The Balaban J connectivity index is 1.71. The first kappa shape index (κ1) is 19.5. The van der Waals surface area contributed by atoms with Crippen LogP contribution in [0.2, 0.25) is 0 Å². The van der Waals surface area contributed by atoms with E-state index in [0.29, 0.717) is 5.82 Å². The summed E-state index contributed by atoms with van der Waals surface area (Å²) in [4.78, 5) is 41.8. The number of carboxylic acids is 1. The maximum absolute atomic E-state index is 12.7. The van der Waals surface area contributed by atoms with Crippen LogP contribution in [0.15, 0.2) is 42.6 Å². The first-order chi connectivity index (χ1) is 13.3. The van der Waals surface area contributed by atoms with Gasteiger partial charge < -0.3 is 10.8 Å². The number of imide groups is 1. The molecule has 2 amide bonds. The van der Waals surface area contributed by atoms with Crippen LogP contribution in [0.3, 0.4) is 0 Å². The van der Waals surface area contributed by atoms with Crippen molar-refractivity contribution in [3.05, 3.63) is 59.3 Å². The van der Waals surface area contributed by atoms with Gasteiger partial charge in [0.1, 0.15) is 11.9 Å². The number of hydrogen-bond acceptors (Lipinski definition) is 5. The predicted octanol–water partition coefficient (Wildman–Crippen LogP) is 2.15. The molecule has 0 radical (unpaired) electrons. The van der Waals surface area contributed by atoms with Crippen LogP contribution in [0.25, 0.3) is 0 Å². The van der Waals surface area contributed by atoms with Crippen LogP contribution in [0.4, 0.5) is 5.82 Å². The minimum absolute atomic E-state index is 0.0773. The van der Waals surface area contributed by atoms with E-state index >= 15 is 0 Å². The Morgan fingerprint density at radius 1 is 1.29 bits per heavy atom. The van der Waals surface area contributed by atoms with E-state index in [1.807, 2.05) is 38.1 Å². The van der Waals surface area contributed by atoms with Gasteiger partial charge in [-0.25, -0.2) is 9.78 Å². The monoisotopic (exact) mass is 381 g/mol. The SMILES string of the molecule is Cc1cccc([C@@H](C)CC(=O)N2C(=O)[C@H](Cc3ccnc(N)c3)[C@H]2C(=O)O)c1. The number of nitrogens with zero attached hydrogens (tertiary/aromatic N) is 2. The fraction of sp³-hybridized carbons (Fsp3) is 0.333. The number of β-lactam (4-membered cyclic amide) rings is 1. The van der Waals surface area contributed by atoms with Gasteiger partial charge in [0.25, 0.3) is 0 Å². The van der Waals surface area contributed by atoms with Gasteiger partial charge in [0.2, 0.25) is 11.8 Å². The van der Waals surface area contributed by atoms with Crippen LogP contribution in [0.1, 0.15) is 36.0 Å². The van der Waals surface area contributed by atoms with Crippen molar-refractivity contribution < 1.29 is 19.5 Å². The number of pyridine rings is 1. The van der Waals surface area contributed by atoms with E-state index in [2.05, 4.69) is 4.98 Å². The van der Waals surface area contributed by atoms with Crippen molar-refractivity contribution in [3.8, 4) is 0 Å². The van der Waals surface area contributed by atoms with Crippen molar-refractivity contribution in [2.24, 2.45) is 5.92 Å². The summed E-state index contributed by atoms with van der Waals surface area (Å²) in [6.07, 6.45) is 1.80. The van der Waals surface area contributed by atoms with Gasteiger partial charge in [-0.2, -0.15) is 0 Å². The lowest BCUT2D eigenvalue weighted by Gasteiger charge is -2.43. The number of amides is 2. The van der Waals surface area contributed by atoms with E-state index in [9.17, 15) is 19.5 Å². The van der Waals surface area contributed by atoms with Crippen molar-refractivity contribution >= 4 is 23.6 Å². The third-order valence-corrected chi connectivity index (χ3v) is 5.13. The molecule has 1 aromatic carbocycles. The number of aliphatic carboxylic acids is 1. The molecule has 0 bridgehead atoms. The first-order valence-corrected chi connectivity index (χ1v) is 9.13. The van der Waals surface area contributed by atoms with Gasteiger partial charge in [-0.15, -0.1) is 0 Å². The molecule has 3 atom stereocenters. The molecule has 1 aliphatic heterocycles. The van der Waals surface area contributed by atoms with E-state index in [0.717, 1.165) is 21.6 Å². The van der Waals surface area contributed by atoms with Gasteiger partial charge in [-0.05, 0) is 42.5 Å². The number of carbonyl (C=O) groups excluding carboxylic acids is 2. The summed E-state index contributed by atoms with van der Waals surface area (Å²) in [7, 11) is 0. The number of nitrogens with two attached hydrogens (primary N) is 1. The molecule has 3 N–H and O–H groups in total. The standard InChI is InChI=1S/C21H23N3O4/c1-12-4-3-5-15(8-12)13(2)9-18(25)24-19(21(27)28)16(20(24)26)10-14-6-7-23-17(22)11-14/h3-8,11,13,16,19H,9-10H2,1-2H3,(H2,22,23)(H,27,28)/t13-,16+,19-/m0/s1. The highest BCUT2D eigenvalue weighted by Gasteiger charge is 2.54. The number of aryl methyl sites for hydroxylation is 1. The topological polar surface area (TPSA) is 114 Å². The Labute approximate surface area is 163 Å². The number of carboxylic acid groups (broad SMARTS) is 1. The molecule has 2 aromatic rings. The Bertz CT molecular complexity index is 927. The zero-order chi connectivity index (χ0) is 20.4. The van der Waals surface area contributed by atoms with E-state index in [1.165, 1.54) is 6.20 Å². The molecule has 0 saturated carbocycles. The lowest BCUT2D eigenvalue weighted by molar-refractivity contribution is -0.177. The second-order valence-electron chi connectivity index (χ2n) is 7.30. The van der Waals surface area contributed by atoms with Crippen LogP contribution >= 0.6 is 0 Å². The Hall–Kier alpha value is -3.22. The second-order valence-corrected chi connectivity index (χ2v) is 7.30. The van der Waals surface area contributed by atoms with Crippen LogP contribution in [0.5, 0.6) is 0 Å². The summed E-state index contributed by atoms with van der Waals surface area (Å²) in [6.45, 7) is 3.86. The predicted molar refractivity (Wildman–Crippen MR) is 103 cm³/mol. The summed E-state index contributed by atoms with van der Waals surface area (Å²) >= 11 is 0. The number of likely N-dealkylation sites (tertiary alicyclic amines) is 1. The molecule has 1 fully saturated rings. The van der Waals surface area contributed by atoms with E-state index in [1.54, 1.807) is 12.1 Å². The molecule has 2 heterocycles. The Kier molecular flexibility index (Phi) is 5.44. The molecule has 0 unspecified atom stereocenters. The van der Waals surface area contributed by atoms with Crippen molar-refractivity contribution in [3.63, 3.8) is 0 Å². The third-order valence-electron chi connectivity index (χ3n) is 5.13. The molecular formula is C21H23N3O4. The largest absolute Gasteiger partial charge is 0.480 e. The summed E-state index contributed by atoms with van der Waals surface area (Å²) in [5.74, 6) is -2.69. The maximum atomic E-state index is 12.7. The number of anilines is 1. The minimum atomic E-state index is -1.18. The number of nitrogen functional groups attached to an aromatic ring is 1. The number of carbonyl (C=O) groups is 3. The van der Waals surface area contributed by atoms with Crippen LogP contribution in [-0.4, -0.2) is 38.8 Å². The average molecular weight is 381 g/mol. The average Bonchev–Trinajstić information content (AvgIpc) is 2.63. The fourth-order valence-corrected chi connectivity index (χ4v) is 3.64. The highest BCUT2D eigenvalue weighted by molar-refractivity contribution is 6.08. The number of hydrogen-bond donors (Lipinski definition) is 2. The normalized spacial score (nSPS) is 19.8. The highest BCUT2D eigenvalue weighted by atomic mass is 16.4. The van der Waals surface area contributed by atoms with Gasteiger partial charge in [-0.1, -0.05) is 36.8 Å². The molecular weight excluding hydrogens is 358 g/mol. The molecule has 0 aliphatic carbocycles. The van der Waals surface area contributed by atoms with E-state index < -0.39 is 29.7 Å². The first-order valence-electron chi connectivity index (χ1n) is 9.13. The smallest absolute Gasteiger partial charge is 0.327 e. The van der Waals surface area contributed by atoms with Gasteiger partial charge in [0, 0.05) is 12.6 Å². The molecule has 3 rings (SSSR count). The fourth-order valence-electron chi connectivity index (χ4n) is 3.64. The third kappa shape index (κ3) is 3.88. The maximum Gasteiger partial charge on any atom is 0.327 e. The van der Waals surface area contributed by atoms with Crippen molar-refractivity contribution in [1.82, 2.24) is 9.88 Å². The van der Waals surface area contributed by atoms with E-state index in [-0.39, 0.29) is 18.8 Å². The number of rotatable bonds is 6. The lowest BCUT2D eigenvalue weighted by atomic mass is 9.81.